The van der Waals surface area contributed by atoms with Gasteiger partial charge in [0, 0.05) is 44.3 Å². The zero-order valence-electron chi connectivity index (χ0n) is 34.4. The highest BCUT2D eigenvalue weighted by molar-refractivity contribution is 6.09. The summed E-state index contributed by atoms with van der Waals surface area (Å²) in [7, 11) is 0. The lowest BCUT2D eigenvalue weighted by atomic mass is 9.93. The highest BCUT2D eigenvalue weighted by Crippen LogP contribution is 2.45. The average molecular weight is 795 g/mol. The summed E-state index contributed by atoms with van der Waals surface area (Å²) in [6.07, 6.45) is 4.05. The molecule has 0 aliphatic rings. The second-order valence-corrected chi connectivity index (χ2v) is 15.7. The molecule has 3 nitrogen and oxygen atoms in total. The van der Waals surface area contributed by atoms with Gasteiger partial charge in [0.25, 0.3) is 0 Å². The Balaban J connectivity index is 1.13. The Morgan fingerprint density at radius 2 is 1.16 bits per heavy atom. The van der Waals surface area contributed by atoms with Crippen molar-refractivity contribution in [1.29, 1.82) is 0 Å². The number of aromatic nitrogens is 1. The quantitative estimate of drug-likeness (QED) is 0.145. The number of anilines is 3. The number of hydrogen-bond acceptors (Lipinski definition) is 2. The van der Waals surface area contributed by atoms with Crippen LogP contribution in [-0.4, -0.2) is 4.57 Å². The number of fused-ring (bicyclic) bond motifs is 5. The molecule has 0 unspecified atom stereocenters. The lowest BCUT2D eigenvalue weighted by Gasteiger charge is -2.29. The van der Waals surface area contributed by atoms with E-state index < -0.39 is 0 Å². The van der Waals surface area contributed by atoms with Crippen LogP contribution in [0.25, 0.3) is 83.1 Å². The summed E-state index contributed by atoms with van der Waals surface area (Å²) in [5.74, 6) is 0.802. The van der Waals surface area contributed by atoms with E-state index in [1.165, 1.54) is 38.1 Å². The largest absolute Gasteiger partial charge is 0.456 e. The molecule has 2 heterocycles. The normalized spacial score (nSPS) is 11.6. The molecule has 0 fully saturated rings. The molecule has 11 rings (SSSR count). The van der Waals surface area contributed by atoms with Crippen molar-refractivity contribution in [3.63, 3.8) is 0 Å². The van der Waals surface area contributed by atoms with Gasteiger partial charge in [-0.15, -0.1) is 0 Å². The molecule has 0 aliphatic heterocycles. The molecule has 0 spiro atoms. The van der Waals surface area contributed by atoms with E-state index in [4.69, 9.17) is 11.0 Å². The minimum absolute atomic E-state index is 0.802. The molecule has 0 bridgehead atoms. The summed E-state index contributed by atoms with van der Waals surface area (Å²) >= 11 is 0. The summed E-state index contributed by atoms with van der Waals surface area (Å²) < 4.78 is 8.76. The standard InChI is InChI=1S/C59H42N2O/c1-3-17-58-59(53-27-11-14-31-57(53)62-58)40(2)43-22-15-23-47(38-43)60(45-33-35-46(36-34-45)61-54-29-12-9-25-51(54)52-26-10-13-30-55(52)61)56-39-44(32-37-50(56)42-18-5-4-6-19-42)49-28-16-21-41-20-7-8-24-48(41)49/h3-39H,2H2,1H3/b17-3-. The van der Waals surface area contributed by atoms with E-state index in [1.54, 1.807) is 0 Å². The van der Waals surface area contributed by atoms with Gasteiger partial charge >= 0.3 is 0 Å². The Morgan fingerprint density at radius 1 is 0.516 bits per heavy atom. The molecule has 0 saturated carbocycles. The first-order chi connectivity index (χ1) is 30.6. The molecule has 3 heteroatoms. The molecule has 0 amide bonds. The first-order valence-corrected chi connectivity index (χ1v) is 21.1. The molecule has 9 aromatic carbocycles. The van der Waals surface area contributed by atoms with Crippen LogP contribution in [0.3, 0.4) is 0 Å². The van der Waals surface area contributed by atoms with Gasteiger partial charge < -0.3 is 13.9 Å². The fraction of sp³-hybridized carbons (Fsp3) is 0.0169. The van der Waals surface area contributed by atoms with Crippen molar-refractivity contribution in [1.82, 2.24) is 4.57 Å². The molecule has 294 valence electrons. The van der Waals surface area contributed by atoms with Crippen molar-refractivity contribution >= 4 is 72.3 Å². The fourth-order valence-electron chi connectivity index (χ4n) is 9.22. The molecule has 11 aromatic rings. The molecule has 0 aliphatic carbocycles. The van der Waals surface area contributed by atoms with Crippen LogP contribution in [0, 0.1) is 0 Å². The summed E-state index contributed by atoms with van der Waals surface area (Å²) in [6.45, 7) is 6.74. The third-order valence-electron chi connectivity index (χ3n) is 12.1. The van der Waals surface area contributed by atoms with Gasteiger partial charge in [0.1, 0.15) is 11.3 Å². The maximum absolute atomic E-state index is 6.38. The van der Waals surface area contributed by atoms with E-state index in [2.05, 4.69) is 210 Å². The summed E-state index contributed by atoms with van der Waals surface area (Å²) in [4.78, 5) is 2.41. The predicted octanol–water partition coefficient (Wildman–Crippen LogP) is 16.6. The average Bonchev–Trinajstić information content (AvgIpc) is 3.87. The number of nitrogens with zero attached hydrogens (tertiary/aromatic N) is 2. The second-order valence-electron chi connectivity index (χ2n) is 15.7. The maximum atomic E-state index is 6.38. The minimum atomic E-state index is 0.802. The number of benzene rings is 9. The molecule has 0 atom stereocenters. The van der Waals surface area contributed by atoms with Gasteiger partial charge in [0.05, 0.1) is 16.7 Å². The van der Waals surface area contributed by atoms with E-state index in [-0.39, 0.29) is 0 Å². The van der Waals surface area contributed by atoms with Crippen molar-refractivity contribution in [2.24, 2.45) is 0 Å². The first kappa shape index (κ1) is 36.9. The van der Waals surface area contributed by atoms with E-state index >= 15 is 0 Å². The topological polar surface area (TPSA) is 21.3 Å². The third kappa shape index (κ3) is 6.31. The van der Waals surface area contributed by atoms with Crippen molar-refractivity contribution in [3.8, 4) is 27.9 Å². The molecule has 0 saturated heterocycles. The van der Waals surface area contributed by atoms with Crippen molar-refractivity contribution in [2.45, 2.75) is 6.92 Å². The lowest BCUT2D eigenvalue weighted by Crippen LogP contribution is -2.12. The number of allylic oxidation sites excluding steroid dienone is 1. The van der Waals surface area contributed by atoms with Crippen LogP contribution in [0.4, 0.5) is 17.1 Å². The second kappa shape index (κ2) is 15.5. The molecule has 0 radical (unpaired) electrons. The van der Waals surface area contributed by atoms with Gasteiger partial charge in [-0.05, 0) is 112 Å². The van der Waals surface area contributed by atoms with E-state index in [0.29, 0.717) is 0 Å². The van der Waals surface area contributed by atoms with Crippen LogP contribution in [0.2, 0.25) is 0 Å². The van der Waals surface area contributed by atoms with Crippen LogP contribution in [0.1, 0.15) is 23.8 Å². The molecular weight excluding hydrogens is 753 g/mol. The number of rotatable bonds is 9. The van der Waals surface area contributed by atoms with Crippen LogP contribution >= 0.6 is 0 Å². The highest BCUT2D eigenvalue weighted by Gasteiger charge is 2.22. The molecule has 0 N–H and O–H groups in total. The smallest absolute Gasteiger partial charge is 0.135 e. The van der Waals surface area contributed by atoms with Crippen LogP contribution in [0.15, 0.2) is 229 Å². The van der Waals surface area contributed by atoms with E-state index in [1.807, 2.05) is 31.2 Å². The summed E-state index contributed by atoms with van der Waals surface area (Å²) in [6, 6.07) is 76.2. The van der Waals surface area contributed by atoms with E-state index in [9.17, 15) is 0 Å². The molecule has 62 heavy (non-hydrogen) atoms. The highest BCUT2D eigenvalue weighted by atomic mass is 16.3. The monoisotopic (exact) mass is 794 g/mol. The van der Waals surface area contributed by atoms with Gasteiger partial charge in [-0.1, -0.05) is 164 Å². The van der Waals surface area contributed by atoms with Gasteiger partial charge in [0.2, 0.25) is 0 Å². The van der Waals surface area contributed by atoms with Crippen LogP contribution < -0.4 is 4.90 Å². The lowest BCUT2D eigenvalue weighted by molar-refractivity contribution is 0.603. The maximum Gasteiger partial charge on any atom is 0.135 e. The number of hydrogen-bond donors (Lipinski definition) is 0. The van der Waals surface area contributed by atoms with Crippen LogP contribution in [0.5, 0.6) is 0 Å². The van der Waals surface area contributed by atoms with Crippen molar-refractivity contribution in [2.75, 3.05) is 4.90 Å². The Morgan fingerprint density at radius 3 is 1.92 bits per heavy atom. The predicted molar refractivity (Wildman–Crippen MR) is 263 cm³/mol. The summed E-state index contributed by atoms with van der Waals surface area (Å²) in [5.41, 5.74) is 14.9. The van der Waals surface area contributed by atoms with Gasteiger partial charge in [-0.25, -0.2) is 0 Å². The fourth-order valence-corrected chi connectivity index (χ4v) is 9.22. The first-order valence-electron chi connectivity index (χ1n) is 21.1. The van der Waals surface area contributed by atoms with Gasteiger partial charge in [-0.3, -0.25) is 0 Å². The van der Waals surface area contributed by atoms with E-state index in [0.717, 1.165) is 72.9 Å². The Kier molecular flexibility index (Phi) is 9.21. The third-order valence-corrected chi connectivity index (χ3v) is 12.1. The Labute approximate surface area is 361 Å². The van der Waals surface area contributed by atoms with Crippen molar-refractivity contribution in [3.05, 3.63) is 242 Å². The number of para-hydroxylation sites is 3. The van der Waals surface area contributed by atoms with Gasteiger partial charge in [-0.2, -0.15) is 0 Å². The zero-order chi connectivity index (χ0) is 41.6. The molecular formula is C59H42N2O. The minimum Gasteiger partial charge on any atom is -0.456 e. The Hall–Kier alpha value is -8.14. The SMILES string of the molecule is C=C(c1cccc(N(c2ccc(-n3c4ccccc4c4ccccc43)cc2)c2cc(-c3cccc4ccccc34)ccc2-c2ccccc2)c1)c1c(/C=C\C)oc2ccccc12. The number of furan rings is 1. The van der Waals surface area contributed by atoms with Gasteiger partial charge in [0.15, 0.2) is 0 Å². The molecule has 2 aromatic heterocycles. The zero-order valence-corrected chi connectivity index (χ0v) is 34.4. The van der Waals surface area contributed by atoms with Crippen LogP contribution in [-0.2, 0) is 0 Å². The Bertz CT molecular complexity index is 3440. The van der Waals surface area contributed by atoms with Crippen molar-refractivity contribution < 1.29 is 4.42 Å². The summed E-state index contributed by atoms with van der Waals surface area (Å²) in [5, 5.41) is 5.96.